The van der Waals surface area contributed by atoms with Gasteiger partial charge >= 0.3 is 0 Å². The van der Waals surface area contributed by atoms with Gasteiger partial charge in [0.2, 0.25) is 0 Å². The molecule has 2 aliphatic rings. The summed E-state index contributed by atoms with van der Waals surface area (Å²) in [5.74, 6) is 1.76. The minimum Gasteiger partial charge on any atom is -0.314 e. The molecule has 2 rings (SSSR count). The first-order chi connectivity index (χ1) is 10.1. The molecular formula is C18H37N3. The van der Waals surface area contributed by atoms with Crippen molar-refractivity contribution in [1.29, 1.82) is 0 Å². The molecule has 1 N–H and O–H groups in total. The number of piperidine rings is 2. The monoisotopic (exact) mass is 295 g/mol. The molecule has 3 nitrogen and oxygen atoms in total. The summed E-state index contributed by atoms with van der Waals surface area (Å²) in [7, 11) is 0. The average Bonchev–Trinajstić information content (AvgIpc) is 2.46. The van der Waals surface area contributed by atoms with Gasteiger partial charge in [0, 0.05) is 12.6 Å². The third-order valence-corrected chi connectivity index (χ3v) is 5.17. The predicted octanol–water partition coefficient (Wildman–Crippen LogP) is 2.82. The summed E-state index contributed by atoms with van der Waals surface area (Å²) in [5, 5.41) is 3.79. The SMILES string of the molecule is CC(C)CN1CCC(NCCCN2CCC(C)CC2)CC1. The second kappa shape index (κ2) is 9.12. The second-order valence-corrected chi connectivity index (χ2v) is 7.80. The Kier molecular flexibility index (Phi) is 7.48. The Bertz CT molecular complexity index is 264. The Morgan fingerprint density at radius 2 is 1.57 bits per heavy atom. The van der Waals surface area contributed by atoms with E-state index in [4.69, 9.17) is 0 Å². The molecule has 2 fully saturated rings. The average molecular weight is 296 g/mol. The Balaban J connectivity index is 1.48. The molecule has 0 spiro atoms. The largest absolute Gasteiger partial charge is 0.314 e. The van der Waals surface area contributed by atoms with Crippen LogP contribution in [0.25, 0.3) is 0 Å². The van der Waals surface area contributed by atoms with Crippen molar-refractivity contribution in [3.63, 3.8) is 0 Å². The molecule has 3 heteroatoms. The van der Waals surface area contributed by atoms with Crippen LogP contribution in [-0.2, 0) is 0 Å². The summed E-state index contributed by atoms with van der Waals surface area (Å²) < 4.78 is 0. The standard InChI is InChI=1S/C18H37N3/c1-16(2)15-21-13-7-18(8-14-21)19-9-4-10-20-11-5-17(3)6-12-20/h16-19H,4-15H2,1-3H3. The van der Waals surface area contributed by atoms with E-state index >= 15 is 0 Å². The topological polar surface area (TPSA) is 18.5 Å². The molecule has 2 aliphatic heterocycles. The lowest BCUT2D eigenvalue weighted by atomic mass is 9.99. The van der Waals surface area contributed by atoms with Gasteiger partial charge in [0.25, 0.3) is 0 Å². The number of hydrogen-bond acceptors (Lipinski definition) is 3. The smallest absolute Gasteiger partial charge is 0.00914 e. The third-order valence-electron chi connectivity index (χ3n) is 5.17. The first-order valence-electron chi connectivity index (χ1n) is 9.31. The Labute approximate surface area is 132 Å². The van der Waals surface area contributed by atoms with Gasteiger partial charge in [-0.3, -0.25) is 0 Å². The van der Waals surface area contributed by atoms with E-state index in [2.05, 4.69) is 35.9 Å². The van der Waals surface area contributed by atoms with Crippen LogP contribution in [0, 0.1) is 11.8 Å². The normalized spacial score (nSPS) is 24.0. The summed E-state index contributed by atoms with van der Waals surface area (Å²) >= 11 is 0. The molecular weight excluding hydrogens is 258 g/mol. The molecule has 0 aromatic rings. The van der Waals surface area contributed by atoms with Crippen LogP contribution >= 0.6 is 0 Å². The first-order valence-corrected chi connectivity index (χ1v) is 9.31. The van der Waals surface area contributed by atoms with Crippen molar-refractivity contribution in [3.05, 3.63) is 0 Å². The van der Waals surface area contributed by atoms with Crippen LogP contribution in [0.15, 0.2) is 0 Å². The highest BCUT2D eigenvalue weighted by atomic mass is 15.1. The Hall–Kier alpha value is -0.120. The van der Waals surface area contributed by atoms with Gasteiger partial charge in [-0.15, -0.1) is 0 Å². The van der Waals surface area contributed by atoms with E-state index in [0.717, 1.165) is 17.9 Å². The second-order valence-electron chi connectivity index (χ2n) is 7.80. The molecule has 0 saturated carbocycles. The summed E-state index contributed by atoms with van der Waals surface area (Å²) in [6, 6.07) is 0.773. The molecule has 0 unspecified atom stereocenters. The highest BCUT2D eigenvalue weighted by Crippen LogP contribution is 2.16. The van der Waals surface area contributed by atoms with Crippen molar-refractivity contribution in [2.75, 3.05) is 45.8 Å². The summed E-state index contributed by atoms with van der Waals surface area (Å²) in [6.07, 6.45) is 6.81. The Morgan fingerprint density at radius 1 is 0.952 bits per heavy atom. The van der Waals surface area contributed by atoms with E-state index in [1.165, 1.54) is 77.9 Å². The minimum absolute atomic E-state index is 0.773. The zero-order valence-corrected chi connectivity index (χ0v) is 14.6. The van der Waals surface area contributed by atoms with Gasteiger partial charge in [-0.25, -0.2) is 0 Å². The lowest BCUT2D eigenvalue weighted by Crippen LogP contribution is -2.44. The fourth-order valence-electron chi connectivity index (χ4n) is 3.73. The van der Waals surface area contributed by atoms with E-state index in [9.17, 15) is 0 Å². The molecule has 0 aliphatic carbocycles. The lowest BCUT2D eigenvalue weighted by molar-refractivity contribution is 0.173. The van der Waals surface area contributed by atoms with Crippen molar-refractivity contribution >= 4 is 0 Å². The fraction of sp³-hybridized carbons (Fsp3) is 1.00. The molecule has 0 aromatic heterocycles. The molecule has 0 atom stereocenters. The van der Waals surface area contributed by atoms with Crippen LogP contribution < -0.4 is 5.32 Å². The zero-order valence-electron chi connectivity index (χ0n) is 14.6. The third kappa shape index (κ3) is 6.66. The van der Waals surface area contributed by atoms with Gasteiger partial charge in [0.1, 0.15) is 0 Å². The van der Waals surface area contributed by atoms with Gasteiger partial charge in [0.15, 0.2) is 0 Å². The number of rotatable bonds is 7. The van der Waals surface area contributed by atoms with E-state index in [1.54, 1.807) is 0 Å². The summed E-state index contributed by atoms with van der Waals surface area (Å²) in [4.78, 5) is 5.30. The van der Waals surface area contributed by atoms with Crippen LogP contribution in [0.4, 0.5) is 0 Å². The van der Waals surface area contributed by atoms with E-state index < -0.39 is 0 Å². The van der Waals surface area contributed by atoms with Crippen molar-refractivity contribution < 1.29 is 0 Å². The predicted molar refractivity (Wildman–Crippen MR) is 91.8 cm³/mol. The summed E-state index contributed by atoms with van der Waals surface area (Å²) in [6.45, 7) is 16.1. The molecule has 0 bridgehead atoms. The van der Waals surface area contributed by atoms with Crippen LogP contribution in [-0.4, -0.2) is 61.7 Å². The van der Waals surface area contributed by atoms with Crippen molar-refractivity contribution in [2.24, 2.45) is 11.8 Å². The first kappa shape index (κ1) is 17.2. The number of likely N-dealkylation sites (tertiary alicyclic amines) is 2. The molecule has 2 saturated heterocycles. The quantitative estimate of drug-likeness (QED) is 0.729. The molecule has 2 heterocycles. The minimum atomic E-state index is 0.773. The zero-order chi connectivity index (χ0) is 15.1. The van der Waals surface area contributed by atoms with Crippen LogP contribution in [0.1, 0.15) is 52.9 Å². The fourth-order valence-corrected chi connectivity index (χ4v) is 3.73. The molecule has 0 amide bonds. The number of nitrogens with zero attached hydrogens (tertiary/aromatic N) is 2. The van der Waals surface area contributed by atoms with Gasteiger partial charge in [-0.2, -0.15) is 0 Å². The maximum atomic E-state index is 3.79. The highest BCUT2D eigenvalue weighted by Gasteiger charge is 2.19. The van der Waals surface area contributed by atoms with Crippen molar-refractivity contribution in [2.45, 2.75) is 58.9 Å². The highest BCUT2D eigenvalue weighted by molar-refractivity contribution is 4.78. The molecule has 0 aromatic carbocycles. The molecule has 124 valence electrons. The van der Waals surface area contributed by atoms with Gasteiger partial charge in [-0.05, 0) is 83.2 Å². The Morgan fingerprint density at radius 3 is 2.19 bits per heavy atom. The lowest BCUT2D eigenvalue weighted by Gasteiger charge is -2.34. The number of nitrogens with one attached hydrogen (secondary N) is 1. The van der Waals surface area contributed by atoms with Crippen LogP contribution in [0.3, 0.4) is 0 Å². The number of hydrogen-bond donors (Lipinski definition) is 1. The van der Waals surface area contributed by atoms with Gasteiger partial charge in [-0.1, -0.05) is 20.8 Å². The summed E-state index contributed by atoms with van der Waals surface area (Å²) in [5.41, 5.74) is 0. The molecule has 0 radical (unpaired) electrons. The van der Waals surface area contributed by atoms with E-state index in [1.807, 2.05) is 0 Å². The maximum Gasteiger partial charge on any atom is 0.00914 e. The molecule has 21 heavy (non-hydrogen) atoms. The van der Waals surface area contributed by atoms with Gasteiger partial charge < -0.3 is 15.1 Å². The van der Waals surface area contributed by atoms with Gasteiger partial charge in [0.05, 0.1) is 0 Å². The maximum absolute atomic E-state index is 3.79. The van der Waals surface area contributed by atoms with Crippen LogP contribution in [0.2, 0.25) is 0 Å². The van der Waals surface area contributed by atoms with Crippen molar-refractivity contribution in [3.8, 4) is 0 Å². The van der Waals surface area contributed by atoms with Crippen molar-refractivity contribution in [1.82, 2.24) is 15.1 Å². The van der Waals surface area contributed by atoms with E-state index in [0.29, 0.717) is 0 Å². The van der Waals surface area contributed by atoms with Crippen LogP contribution in [0.5, 0.6) is 0 Å². The van der Waals surface area contributed by atoms with E-state index in [-0.39, 0.29) is 0 Å².